The lowest BCUT2D eigenvalue weighted by Gasteiger charge is -2.12. The Kier molecular flexibility index (Phi) is 2.98. The standard InChI is InChI=1S/C11H10F3N/c1-4-9-7(2)5-6-15-10(9)8(3)11(12,13)14/h4-6H,1,3H2,2H3. The van der Waals surface area contributed by atoms with Crippen molar-refractivity contribution in [3.63, 3.8) is 0 Å². The van der Waals surface area contributed by atoms with E-state index >= 15 is 0 Å². The van der Waals surface area contributed by atoms with Gasteiger partial charge in [-0.2, -0.15) is 13.2 Å². The smallest absolute Gasteiger partial charge is 0.256 e. The molecule has 1 aromatic rings. The topological polar surface area (TPSA) is 12.9 Å². The molecule has 0 aliphatic carbocycles. The summed E-state index contributed by atoms with van der Waals surface area (Å²) in [6, 6.07) is 1.63. The molecule has 0 amide bonds. The highest BCUT2D eigenvalue weighted by Gasteiger charge is 2.34. The van der Waals surface area contributed by atoms with Crippen LogP contribution in [0.25, 0.3) is 11.6 Å². The minimum Gasteiger partial charge on any atom is -0.256 e. The minimum atomic E-state index is -4.46. The molecule has 1 heterocycles. The van der Waals surface area contributed by atoms with Gasteiger partial charge in [0, 0.05) is 11.8 Å². The Labute approximate surface area is 86.0 Å². The number of aryl methyl sites for hydroxylation is 1. The van der Waals surface area contributed by atoms with E-state index in [1.165, 1.54) is 12.3 Å². The van der Waals surface area contributed by atoms with Gasteiger partial charge in [0.1, 0.15) is 0 Å². The quantitative estimate of drug-likeness (QED) is 0.731. The normalized spacial score (nSPS) is 11.2. The molecule has 0 unspecified atom stereocenters. The number of halogens is 3. The molecule has 0 saturated heterocycles. The van der Waals surface area contributed by atoms with E-state index in [1.54, 1.807) is 13.0 Å². The molecule has 4 heteroatoms. The molecule has 0 aliphatic heterocycles. The van der Waals surface area contributed by atoms with E-state index in [0.29, 0.717) is 11.1 Å². The summed E-state index contributed by atoms with van der Waals surface area (Å²) in [5.41, 5.74) is -0.0289. The van der Waals surface area contributed by atoms with Crippen LogP contribution in [0.1, 0.15) is 16.8 Å². The van der Waals surface area contributed by atoms with Crippen molar-refractivity contribution in [2.75, 3.05) is 0 Å². The molecule has 1 nitrogen and oxygen atoms in total. The second-order valence-electron chi connectivity index (χ2n) is 3.07. The van der Waals surface area contributed by atoms with Gasteiger partial charge in [-0.05, 0) is 18.6 Å². The molecule has 0 atom stereocenters. The summed E-state index contributed by atoms with van der Waals surface area (Å²) in [7, 11) is 0. The highest BCUT2D eigenvalue weighted by Crippen LogP contribution is 2.33. The third-order valence-electron chi connectivity index (χ3n) is 2.04. The van der Waals surface area contributed by atoms with Gasteiger partial charge < -0.3 is 0 Å². The molecule has 0 spiro atoms. The van der Waals surface area contributed by atoms with E-state index in [9.17, 15) is 13.2 Å². The van der Waals surface area contributed by atoms with Crippen LogP contribution in [0.15, 0.2) is 25.4 Å². The lowest BCUT2D eigenvalue weighted by Crippen LogP contribution is -2.12. The van der Waals surface area contributed by atoms with Crippen molar-refractivity contribution in [1.29, 1.82) is 0 Å². The van der Waals surface area contributed by atoms with Crippen molar-refractivity contribution >= 4 is 11.6 Å². The first-order valence-corrected chi connectivity index (χ1v) is 4.22. The van der Waals surface area contributed by atoms with Crippen molar-refractivity contribution in [2.45, 2.75) is 13.1 Å². The largest absolute Gasteiger partial charge is 0.417 e. The van der Waals surface area contributed by atoms with Crippen molar-refractivity contribution in [2.24, 2.45) is 0 Å². The first-order chi connectivity index (χ1) is 6.88. The first-order valence-electron chi connectivity index (χ1n) is 4.22. The Morgan fingerprint density at radius 2 is 2.07 bits per heavy atom. The predicted octanol–water partition coefficient (Wildman–Crippen LogP) is 3.61. The number of alkyl halides is 3. The molecule has 1 rings (SSSR count). The number of rotatable bonds is 2. The molecule has 0 fully saturated rings. The summed E-state index contributed by atoms with van der Waals surface area (Å²) in [6.07, 6.45) is -1.78. The monoisotopic (exact) mass is 213 g/mol. The van der Waals surface area contributed by atoms with Crippen LogP contribution in [0, 0.1) is 6.92 Å². The molecule has 0 radical (unpaired) electrons. The average molecular weight is 213 g/mol. The SMILES string of the molecule is C=Cc1c(C)ccnc1C(=C)C(F)(F)F. The van der Waals surface area contributed by atoms with Gasteiger partial charge in [0.2, 0.25) is 0 Å². The van der Waals surface area contributed by atoms with Gasteiger partial charge >= 0.3 is 6.18 Å². The molecule has 0 aliphatic rings. The zero-order valence-electron chi connectivity index (χ0n) is 8.23. The maximum absolute atomic E-state index is 12.4. The molecule has 80 valence electrons. The second kappa shape index (κ2) is 3.88. The van der Waals surface area contributed by atoms with Crippen molar-refractivity contribution < 1.29 is 13.2 Å². The van der Waals surface area contributed by atoms with E-state index in [4.69, 9.17) is 0 Å². The van der Waals surface area contributed by atoms with Crippen molar-refractivity contribution in [3.8, 4) is 0 Å². The molecule has 0 bridgehead atoms. The van der Waals surface area contributed by atoms with Gasteiger partial charge in [-0.1, -0.05) is 19.2 Å². The lowest BCUT2D eigenvalue weighted by molar-refractivity contribution is -0.0689. The number of nitrogens with zero attached hydrogens (tertiary/aromatic N) is 1. The highest BCUT2D eigenvalue weighted by atomic mass is 19.4. The second-order valence-corrected chi connectivity index (χ2v) is 3.07. The molecule has 1 aromatic heterocycles. The fourth-order valence-electron chi connectivity index (χ4n) is 1.20. The summed E-state index contributed by atoms with van der Waals surface area (Å²) >= 11 is 0. The van der Waals surface area contributed by atoms with Crippen LogP contribution in [-0.4, -0.2) is 11.2 Å². The van der Waals surface area contributed by atoms with Crippen LogP contribution < -0.4 is 0 Å². The fraction of sp³-hybridized carbons (Fsp3) is 0.182. The van der Waals surface area contributed by atoms with E-state index in [2.05, 4.69) is 18.1 Å². The number of hydrogen-bond donors (Lipinski definition) is 0. The van der Waals surface area contributed by atoms with Crippen molar-refractivity contribution in [1.82, 2.24) is 4.98 Å². The molecule has 0 aromatic carbocycles. The molecule has 0 N–H and O–H groups in total. The summed E-state index contributed by atoms with van der Waals surface area (Å²) in [4.78, 5) is 3.69. The van der Waals surface area contributed by atoms with Crippen LogP contribution in [0.2, 0.25) is 0 Å². The van der Waals surface area contributed by atoms with Gasteiger partial charge in [-0.15, -0.1) is 0 Å². The Morgan fingerprint density at radius 3 is 2.53 bits per heavy atom. The first kappa shape index (κ1) is 11.5. The van der Waals surface area contributed by atoms with Gasteiger partial charge in [0.05, 0.1) is 11.3 Å². The van der Waals surface area contributed by atoms with Gasteiger partial charge in [-0.25, -0.2) is 0 Å². The minimum absolute atomic E-state index is 0.155. The number of allylic oxidation sites excluding steroid dienone is 1. The molecular weight excluding hydrogens is 203 g/mol. The molecule has 0 saturated carbocycles. The Morgan fingerprint density at radius 1 is 1.47 bits per heavy atom. The highest BCUT2D eigenvalue weighted by molar-refractivity contribution is 5.73. The van der Waals surface area contributed by atoms with Crippen LogP contribution >= 0.6 is 0 Å². The average Bonchev–Trinajstić information content (AvgIpc) is 2.14. The van der Waals surface area contributed by atoms with Crippen LogP contribution in [0.5, 0.6) is 0 Å². The van der Waals surface area contributed by atoms with Gasteiger partial charge in [-0.3, -0.25) is 4.98 Å². The Hall–Kier alpha value is -1.58. The van der Waals surface area contributed by atoms with Crippen molar-refractivity contribution in [3.05, 3.63) is 42.2 Å². The van der Waals surface area contributed by atoms with Crippen LogP contribution in [-0.2, 0) is 0 Å². The summed E-state index contributed by atoms with van der Waals surface area (Å²) in [6.45, 7) is 8.18. The summed E-state index contributed by atoms with van der Waals surface area (Å²) in [5, 5.41) is 0. The van der Waals surface area contributed by atoms with E-state index in [-0.39, 0.29) is 5.69 Å². The van der Waals surface area contributed by atoms with Gasteiger partial charge in [0.25, 0.3) is 0 Å². The fourth-order valence-corrected chi connectivity index (χ4v) is 1.20. The Bertz CT molecular complexity index is 405. The Balaban J connectivity index is 3.32. The van der Waals surface area contributed by atoms with E-state index in [1.807, 2.05) is 0 Å². The zero-order chi connectivity index (χ0) is 11.6. The predicted molar refractivity (Wildman–Crippen MR) is 54.2 cm³/mol. The number of hydrogen-bond acceptors (Lipinski definition) is 1. The maximum Gasteiger partial charge on any atom is 0.417 e. The zero-order valence-corrected chi connectivity index (χ0v) is 8.23. The number of aromatic nitrogens is 1. The lowest BCUT2D eigenvalue weighted by atomic mass is 10.0. The third kappa shape index (κ3) is 2.26. The third-order valence-corrected chi connectivity index (χ3v) is 2.04. The summed E-state index contributed by atoms with van der Waals surface area (Å²) in [5.74, 6) is 0. The van der Waals surface area contributed by atoms with Gasteiger partial charge in [0.15, 0.2) is 0 Å². The van der Waals surface area contributed by atoms with E-state index in [0.717, 1.165) is 0 Å². The van der Waals surface area contributed by atoms with E-state index < -0.39 is 11.7 Å². The summed E-state index contributed by atoms with van der Waals surface area (Å²) < 4.78 is 37.2. The maximum atomic E-state index is 12.4. The number of pyridine rings is 1. The van der Waals surface area contributed by atoms with Crippen LogP contribution in [0.4, 0.5) is 13.2 Å². The van der Waals surface area contributed by atoms with Crippen LogP contribution in [0.3, 0.4) is 0 Å². The molecular formula is C11H10F3N. The molecule has 15 heavy (non-hydrogen) atoms.